The van der Waals surface area contributed by atoms with Crippen molar-refractivity contribution in [1.82, 2.24) is 4.98 Å². The summed E-state index contributed by atoms with van der Waals surface area (Å²) in [6, 6.07) is 1.40. The Hall–Kier alpha value is -1.17. The Kier molecular flexibility index (Phi) is 2.86. The first-order chi connectivity index (χ1) is 7.16. The zero-order valence-corrected chi connectivity index (χ0v) is 9.44. The first kappa shape index (κ1) is 10.4. The monoisotopic (exact) mass is 272 g/mol. The van der Waals surface area contributed by atoms with Gasteiger partial charge in [0.25, 0.3) is 5.88 Å². The van der Waals surface area contributed by atoms with Gasteiger partial charge in [-0.2, -0.15) is 0 Å². The van der Waals surface area contributed by atoms with Crippen molar-refractivity contribution in [2.75, 3.05) is 0 Å². The first-order valence-corrected chi connectivity index (χ1v) is 5.42. The van der Waals surface area contributed by atoms with E-state index in [1.165, 1.54) is 12.3 Å². The Bertz CT molecular complexity index is 393. The molecule has 2 rings (SSSR count). The van der Waals surface area contributed by atoms with Crippen molar-refractivity contribution in [1.29, 1.82) is 0 Å². The third-order valence-corrected chi connectivity index (χ3v) is 2.76. The smallest absolute Gasteiger partial charge is 0.332 e. The van der Waals surface area contributed by atoms with Crippen LogP contribution in [0.3, 0.4) is 0 Å². The molecule has 0 bridgehead atoms. The Balaban J connectivity index is 2.23. The number of hydrogen-bond acceptors (Lipinski definition) is 4. The molecule has 6 heteroatoms. The third kappa shape index (κ3) is 2.26. The Morgan fingerprint density at radius 3 is 2.87 bits per heavy atom. The molecule has 15 heavy (non-hydrogen) atoms. The van der Waals surface area contributed by atoms with Crippen LogP contribution in [0.4, 0.5) is 5.69 Å². The summed E-state index contributed by atoms with van der Waals surface area (Å²) in [7, 11) is 0. The van der Waals surface area contributed by atoms with Gasteiger partial charge in [0, 0.05) is 16.7 Å². The van der Waals surface area contributed by atoms with Crippen LogP contribution in [-0.4, -0.2) is 16.0 Å². The Morgan fingerprint density at radius 2 is 2.33 bits per heavy atom. The summed E-state index contributed by atoms with van der Waals surface area (Å²) in [6.45, 7) is 0. The van der Waals surface area contributed by atoms with Crippen LogP contribution in [0.15, 0.2) is 16.7 Å². The van der Waals surface area contributed by atoms with E-state index in [9.17, 15) is 10.1 Å². The molecule has 0 amide bonds. The van der Waals surface area contributed by atoms with E-state index >= 15 is 0 Å². The second kappa shape index (κ2) is 4.14. The van der Waals surface area contributed by atoms with Crippen LogP contribution in [-0.2, 0) is 0 Å². The first-order valence-electron chi connectivity index (χ1n) is 4.63. The zero-order valence-electron chi connectivity index (χ0n) is 7.85. The van der Waals surface area contributed by atoms with Crippen LogP contribution in [0.2, 0.25) is 0 Å². The van der Waals surface area contributed by atoms with Gasteiger partial charge in [-0.25, -0.2) is 4.98 Å². The molecule has 1 aliphatic rings. The molecule has 0 N–H and O–H groups in total. The number of hydrogen-bond donors (Lipinski definition) is 0. The maximum atomic E-state index is 10.7. The minimum absolute atomic E-state index is 0.0868. The molecule has 0 saturated heterocycles. The van der Waals surface area contributed by atoms with Crippen molar-refractivity contribution in [3.8, 4) is 5.88 Å². The van der Waals surface area contributed by atoms with Gasteiger partial charge in [-0.05, 0) is 35.2 Å². The molecule has 1 aromatic rings. The normalized spacial score (nSPS) is 15.8. The van der Waals surface area contributed by atoms with Gasteiger partial charge in [-0.15, -0.1) is 0 Å². The lowest BCUT2D eigenvalue weighted by Crippen LogP contribution is -2.25. The van der Waals surface area contributed by atoms with Crippen LogP contribution in [0, 0.1) is 10.1 Å². The number of rotatable bonds is 3. The fraction of sp³-hybridized carbons (Fsp3) is 0.444. The van der Waals surface area contributed by atoms with Gasteiger partial charge in [-0.1, -0.05) is 0 Å². The fourth-order valence-corrected chi connectivity index (χ4v) is 1.60. The summed E-state index contributed by atoms with van der Waals surface area (Å²) in [5.41, 5.74) is -0.0868. The largest absolute Gasteiger partial charge is 0.469 e. The predicted molar refractivity (Wildman–Crippen MR) is 56.9 cm³/mol. The predicted octanol–water partition coefficient (Wildman–Crippen LogP) is 2.68. The number of ether oxygens (including phenoxy) is 1. The summed E-state index contributed by atoms with van der Waals surface area (Å²) in [6.07, 6.45) is 4.62. The number of nitrogens with zero attached hydrogens (tertiary/aromatic N) is 2. The van der Waals surface area contributed by atoms with Crippen LogP contribution < -0.4 is 4.74 Å². The minimum atomic E-state index is -0.480. The second-order valence-electron chi connectivity index (χ2n) is 3.41. The summed E-state index contributed by atoms with van der Waals surface area (Å²) >= 11 is 3.14. The number of halogens is 1. The molecule has 0 atom stereocenters. The Morgan fingerprint density at radius 1 is 1.60 bits per heavy atom. The van der Waals surface area contributed by atoms with Crippen molar-refractivity contribution in [2.24, 2.45) is 0 Å². The third-order valence-electron chi connectivity index (χ3n) is 2.33. The van der Waals surface area contributed by atoms with Crippen molar-refractivity contribution >= 4 is 21.6 Å². The molecule has 1 saturated carbocycles. The van der Waals surface area contributed by atoms with Gasteiger partial charge in [0.05, 0.1) is 4.92 Å². The van der Waals surface area contributed by atoms with Gasteiger partial charge >= 0.3 is 5.69 Å². The van der Waals surface area contributed by atoms with Crippen molar-refractivity contribution < 1.29 is 9.66 Å². The molecule has 1 fully saturated rings. The van der Waals surface area contributed by atoms with Gasteiger partial charge in [0.2, 0.25) is 0 Å². The number of nitro groups is 1. The topological polar surface area (TPSA) is 65.3 Å². The van der Waals surface area contributed by atoms with E-state index < -0.39 is 4.92 Å². The van der Waals surface area contributed by atoms with E-state index in [-0.39, 0.29) is 17.7 Å². The van der Waals surface area contributed by atoms with E-state index in [1.807, 2.05) is 0 Å². The number of pyridine rings is 1. The maximum Gasteiger partial charge on any atom is 0.332 e. The summed E-state index contributed by atoms with van der Waals surface area (Å²) in [4.78, 5) is 14.2. The van der Waals surface area contributed by atoms with E-state index in [4.69, 9.17) is 4.74 Å². The highest BCUT2D eigenvalue weighted by Gasteiger charge is 2.25. The molecular weight excluding hydrogens is 264 g/mol. The van der Waals surface area contributed by atoms with Crippen LogP contribution in [0.5, 0.6) is 5.88 Å². The lowest BCUT2D eigenvalue weighted by Gasteiger charge is -2.25. The standard InChI is InChI=1S/C9H9BrN2O3/c10-6-4-8(12(13)14)9(11-5-6)15-7-2-1-3-7/h4-5,7H,1-3H2. The number of aromatic nitrogens is 1. The minimum Gasteiger partial charge on any atom is -0.469 e. The van der Waals surface area contributed by atoms with Gasteiger partial charge in [0.15, 0.2) is 0 Å². The molecule has 80 valence electrons. The molecule has 0 radical (unpaired) electrons. The van der Waals surface area contributed by atoms with Crippen molar-refractivity contribution in [3.63, 3.8) is 0 Å². The van der Waals surface area contributed by atoms with Crippen LogP contribution >= 0.6 is 15.9 Å². The van der Waals surface area contributed by atoms with E-state index in [0.717, 1.165) is 19.3 Å². The van der Waals surface area contributed by atoms with Crippen molar-refractivity contribution in [3.05, 3.63) is 26.9 Å². The SMILES string of the molecule is O=[N+]([O-])c1cc(Br)cnc1OC1CCC1. The summed E-state index contributed by atoms with van der Waals surface area (Å²) < 4.78 is 6.00. The molecule has 0 aromatic carbocycles. The fourth-order valence-electron chi connectivity index (χ4n) is 1.28. The Labute approximate surface area is 94.7 Å². The highest BCUT2D eigenvalue weighted by atomic mass is 79.9. The quantitative estimate of drug-likeness (QED) is 0.627. The van der Waals surface area contributed by atoms with E-state index in [2.05, 4.69) is 20.9 Å². The second-order valence-corrected chi connectivity index (χ2v) is 4.32. The van der Waals surface area contributed by atoms with Crippen LogP contribution in [0.1, 0.15) is 19.3 Å². The molecule has 5 nitrogen and oxygen atoms in total. The maximum absolute atomic E-state index is 10.7. The molecule has 0 unspecified atom stereocenters. The summed E-state index contributed by atoms with van der Waals surface area (Å²) in [5.74, 6) is 0.118. The van der Waals surface area contributed by atoms with Gasteiger partial charge < -0.3 is 4.74 Å². The van der Waals surface area contributed by atoms with Gasteiger partial charge in [0.1, 0.15) is 6.10 Å². The lowest BCUT2D eigenvalue weighted by molar-refractivity contribution is -0.386. The molecule has 0 aliphatic heterocycles. The van der Waals surface area contributed by atoms with Crippen LogP contribution in [0.25, 0.3) is 0 Å². The highest BCUT2D eigenvalue weighted by Crippen LogP contribution is 2.31. The van der Waals surface area contributed by atoms with E-state index in [1.54, 1.807) is 0 Å². The zero-order chi connectivity index (χ0) is 10.8. The molecular formula is C9H9BrN2O3. The lowest BCUT2D eigenvalue weighted by atomic mass is 9.96. The van der Waals surface area contributed by atoms with E-state index in [0.29, 0.717) is 4.47 Å². The van der Waals surface area contributed by atoms with Gasteiger partial charge in [-0.3, -0.25) is 10.1 Å². The highest BCUT2D eigenvalue weighted by molar-refractivity contribution is 9.10. The average Bonchev–Trinajstić information content (AvgIpc) is 2.12. The molecule has 1 heterocycles. The molecule has 1 aliphatic carbocycles. The van der Waals surface area contributed by atoms with Crippen molar-refractivity contribution in [2.45, 2.75) is 25.4 Å². The summed E-state index contributed by atoms with van der Waals surface area (Å²) in [5, 5.41) is 10.7. The molecule has 1 aromatic heterocycles. The molecule has 0 spiro atoms. The average molecular weight is 273 g/mol.